The topological polar surface area (TPSA) is 52.3 Å². The third kappa shape index (κ3) is 4.24. The molecule has 1 saturated carbocycles. The van der Waals surface area contributed by atoms with Crippen LogP contribution in [0.2, 0.25) is 5.02 Å². The Kier molecular flexibility index (Phi) is 6.16. The van der Waals surface area contributed by atoms with Gasteiger partial charge in [-0.05, 0) is 73.5 Å². The number of benzene rings is 3. The maximum atomic E-state index is 6.23. The van der Waals surface area contributed by atoms with E-state index in [2.05, 4.69) is 27.8 Å². The first-order valence-corrected chi connectivity index (χ1v) is 12.8. The molecule has 2 aliphatic carbocycles. The van der Waals surface area contributed by atoms with Crippen LogP contribution in [0.25, 0.3) is 39.2 Å². The van der Waals surface area contributed by atoms with Gasteiger partial charge in [0.1, 0.15) is 0 Å². The van der Waals surface area contributed by atoms with Crippen molar-refractivity contribution in [3.05, 3.63) is 89.4 Å². The summed E-state index contributed by atoms with van der Waals surface area (Å²) in [5.41, 5.74) is 6.76. The number of hydrogen-bond acceptors (Lipinski definition) is 4. The number of hydrogen-bond donors (Lipinski definition) is 0. The van der Waals surface area contributed by atoms with Crippen LogP contribution >= 0.6 is 11.6 Å². The van der Waals surface area contributed by atoms with E-state index in [1.807, 2.05) is 54.6 Å². The van der Waals surface area contributed by atoms with Crippen molar-refractivity contribution in [2.45, 2.75) is 38.1 Å². The minimum atomic E-state index is 0.315. The lowest BCUT2D eigenvalue weighted by atomic mass is 9.95. The van der Waals surface area contributed by atoms with Gasteiger partial charge >= 0.3 is 0 Å². The Labute approximate surface area is 215 Å². The number of methoxy groups -OCH3 is 1. The molecule has 0 atom stereocenters. The van der Waals surface area contributed by atoms with E-state index < -0.39 is 0 Å². The summed E-state index contributed by atoms with van der Waals surface area (Å²) in [7, 11) is 1.66. The highest BCUT2D eigenvalue weighted by Crippen LogP contribution is 2.33. The first-order chi connectivity index (χ1) is 17.7. The van der Waals surface area contributed by atoms with Gasteiger partial charge in [-0.25, -0.2) is 9.97 Å². The molecule has 2 aromatic carbocycles. The summed E-state index contributed by atoms with van der Waals surface area (Å²) < 4.78 is 7.89. The molecule has 36 heavy (non-hydrogen) atoms. The summed E-state index contributed by atoms with van der Waals surface area (Å²) in [6, 6.07) is 24.8. The maximum Gasteiger partial charge on any atom is 0.221 e. The van der Waals surface area contributed by atoms with Gasteiger partial charge in [-0.2, -0.15) is 0 Å². The second-order valence-corrected chi connectivity index (χ2v) is 9.69. The first-order valence-electron chi connectivity index (χ1n) is 12.5. The zero-order chi connectivity index (χ0) is 24.5. The minimum absolute atomic E-state index is 0.315. The SMILES string of the molecule is COc1ncccc1-c1cc2nc3ccccc3n(-c3ccc(Cl)cc3)c-2cc1=NC1CCCCC1. The Bertz CT molecular complexity index is 1570. The normalized spacial score (nSPS) is 15.0. The Morgan fingerprint density at radius 1 is 0.917 bits per heavy atom. The number of halogens is 1. The lowest BCUT2D eigenvalue weighted by Gasteiger charge is -2.21. The zero-order valence-electron chi connectivity index (χ0n) is 20.2. The molecule has 1 aliphatic heterocycles. The number of nitrogens with zero attached hydrogens (tertiary/aromatic N) is 4. The number of fused-ring (bicyclic) bond motifs is 2. The molecular formula is C30H27ClN4O. The summed E-state index contributed by atoms with van der Waals surface area (Å²) >= 11 is 6.23. The van der Waals surface area contributed by atoms with Crippen LogP contribution in [0.4, 0.5) is 0 Å². The molecule has 6 rings (SSSR count). The molecule has 1 aromatic heterocycles. The molecule has 2 heterocycles. The van der Waals surface area contributed by atoms with E-state index in [9.17, 15) is 0 Å². The van der Waals surface area contributed by atoms with E-state index in [1.54, 1.807) is 13.3 Å². The van der Waals surface area contributed by atoms with Crippen LogP contribution in [-0.2, 0) is 0 Å². The van der Waals surface area contributed by atoms with Gasteiger partial charge in [0.15, 0.2) is 0 Å². The highest BCUT2D eigenvalue weighted by atomic mass is 35.5. The molecule has 0 saturated heterocycles. The van der Waals surface area contributed by atoms with Crippen LogP contribution in [0.1, 0.15) is 32.1 Å². The quantitative estimate of drug-likeness (QED) is 0.251. The molecule has 0 N–H and O–H groups in total. The van der Waals surface area contributed by atoms with E-state index in [1.165, 1.54) is 19.3 Å². The number of aromatic nitrogens is 3. The Morgan fingerprint density at radius 3 is 2.53 bits per heavy atom. The minimum Gasteiger partial charge on any atom is -0.481 e. The van der Waals surface area contributed by atoms with Crippen LogP contribution in [0, 0.1) is 0 Å². The second-order valence-electron chi connectivity index (χ2n) is 9.25. The van der Waals surface area contributed by atoms with Crippen molar-refractivity contribution in [1.29, 1.82) is 0 Å². The zero-order valence-corrected chi connectivity index (χ0v) is 20.9. The van der Waals surface area contributed by atoms with Gasteiger partial charge in [0.2, 0.25) is 5.88 Å². The van der Waals surface area contributed by atoms with Crippen molar-refractivity contribution in [1.82, 2.24) is 14.5 Å². The van der Waals surface area contributed by atoms with E-state index >= 15 is 0 Å². The Morgan fingerprint density at radius 2 is 1.72 bits per heavy atom. The van der Waals surface area contributed by atoms with Gasteiger partial charge in [0.05, 0.1) is 40.9 Å². The van der Waals surface area contributed by atoms with E-state index in [-0.39, 0.29) is 0 Å². The van der Waals surface area contributed by atoms with Crippen molar-refractivity contribution in [2.75, 3.05) is 7.11 Å². The monoisotopic (exact) mass is 494 g/mol. The summed E-state index contributed by atoms with van der Waals surface area (Å²) in [5, 5.41) is 1.65. The second kappa shape index (κ2) is 9.75. The van der Waals surface area contributed by atoms with Crippen LogP contribution in [0.5, 0.6) is 5.88 Å². The summed E-state index contributed by atoms with van der Waals surface area (Å²) in [6.07, 6.45) is 7.74. The van der Waals surface area contributed by atoms with Crippen LogP contribution in [0.15, 0.2) is 84.0 Å². The molecule has 0 spiro atoms. The van der Waals surface area contributed by atoms with E-state index in [0.29, 0.717) is 16.9 Å². The predicted molar refractivity (Wildman–Crippen MR) is 145 cm³/mol. The molecule has 180 valence electrons. The largest absolute Gasteiger partial charge is 0.481 e. The first kappa shape index (κ1) is 22.7. The lowest BCUT2D eigenvalue weighted by molar-refractivity contribution is 0.399. The lowest BCUT2D eigenvalue weighted by Crippen LogP contribution is -2.19. The third-order valence-corrected chi connectivity index (χ3v) is 7.19. The molecule has 6 heteroatoms. The highest BCUT2D eigenvalue weighted by Gasteiger charge is 2.20. The molecule has 0 radical (unpaired) electrons. The van der Waals surface area contributed by atoms with Crippen molar-refractivity contribution < 1.29 is 4.74 Å². The van der Waals surface area contributed by atoms with Crippen molar-refractivity contribution in [3.8, 4) is 34.1 Å². The Hall–Kier alpha value is -3.70. The average molecular weight is 495 g/mol. The molecule has 3 aromatic rings. The van der Waals surface area contributed by atoms with Crippen molar-refractivity contribution in [3.63, 3.8) is 0 Å². The standard InChI is InChI=1S/C30H27ClN4O/c1-36-30-23(10-7-17-32-30)24-18-27-29(19-26(24)33-21-8-3-2-4-9-21)35(22-15-13-20(31)14-16-22)28-12-6-5-11-25(28)34-27/h5-7,10-19,21H,2-4,8-9H2,1H3. The number of para-hydroxylation sites is 2. The fourth-order valence-corrected chi connectivity index (χ4v) is 5.32. The number of pyridine rings is 1. The van der Waals surface area contributed by atoms with Gasteiger partial charge < -0.3 is 9.30 Å². The van der Waals surface area contributed by atoms with Gasteiger partial charge in [-0.15, -0.1) is 0 Å². The summed E-state index contributed by atoms with van der Waals surface area (Å²) in [5.74, 6) is 0.586. The van der Waals surface area contributed by atoms with Crippen LogP contribution in [0.3, 0.4) is 0 Å². The van der Waals surface area contributed by atoms with Crippen molar-refractivity contribution in [2.24, 2.45) is 4.99 Å². The smallest absolute Gasteiger partial charge is 0.221 e. The Balaban J connectivity index is 1.70. The van der Waals surface area contributed by atoms with Crippen molar-refractivity contribution >= 4 is 22.6 Å². The van der Waals surface area contributed by atoms with Gasteiger partial charge in [-0.1, -0.05) is 43.0 Å². The molecule has 3 aliphatic rings. The highest BCUT2D eigenvalue weighted by molar-refractivity contribution is 6.30. The fourth-order valence-electron chi connectivity index (χ4n) is 5.20. The summed E-state index contributed by atoms with van der Waals surface area (Å²) in [4.78, 5) is 14.8. The van der Waals surface area contributed by atoms with Gasteiger partial charge in [0, 0.05) is 28.0 Å². The molecule has 1 fully saturated rings. The van der Waals surface area contributed by atoms with E-state index in [0.717, 1.165) is 57.4 Å². The fraction of sp³-hybridized carbons (Fsp3) is 0.233. The summed E-state index contributed by atoms with van der Waals surface area (Å²) in [6.45, 7) is 0. The molecule has 0 bridgehead atoms. The van der Waals surface area contributed by atoms with Crippen LogP contribution in [-0.4, -0.2) is 27.7 Å². The maximum absolute atomic E-state index is 6.23. The van der Waals surface area contributed by atoms with E-state index in [4.69, 9.17) is 26.3 Å². The molecule has 0 unspecified atom stereocenters. The molecular weight excluding hydrogens is 468 g/mol. The number of rotatable bonds is 4. The van der Waals surface area contributed by atoms with Gasteiger partial charge in [-0.3, -0.25) is 4.99 Å². The third-order valence-electron chi connectivity index (χ3n) is 6.93. The van der Waals surface area contributed by atoms with Gasteiger partial charge in [0.25, 0.3) is 0 Å². The average Bonchev–Trinajstić information content (AvgIpc) is 2.93. The van der Waals surface area contributed by atoms with Crippen LogP contribution < -0.4 is 10.1 Å². The predicted octanol–water partition coefficient (Wildman–Crippen LogP) is 7.09. The molecule has 5 nitrogen and oxygen atoms in total. The number of ether oxygens (including phenoxy) is 1. The molecule has 0 amide bonds.